The summed E-state index contributed by atoms with van der Waals surface area (Å²) in [6.45, 7) is 1.90. The zero-order chi connectivity index (χ0) is 16.9. The Kier molecular flexibility index (Phi) is 5.37. The minimum Gasteiger partial charge on any atom is -0.294 e. The highest BCUT2D eigenvalue weighted by molar-refractivity contribution is 5.96. The van der Waals surface area contributed by atoms with Gasteiger partial charge in [-0.25, -0.2) is 0 Å². The molecule has 0 spiro atoms. The van der Waals surface area contributed by atoms with E-state index in [0.717, 1.165) is 17.7 Å². The Labute approximate surface area is 133 Å². The fourth-order valence-corrected chi connectivity index (χ4v) is 2.16. The quantitative estimate of drug-likeness (QED) is 0.653. The van der Waals surface area contributed by atoms with Crippen LogP contribution in [0.4, 0.5) is 13.2 Å². The third kappa shape index (κ3) is 5.09. The van der Waals surface area contributed by atoms with Crippen LogP contribution in [0.2, 0.25) is 0 Å². The fourth-order valence-electron chi connectivity index (χ4n) is 2.16. The highest BCUT2D eigenvalue weighted by Crippen LogP contribution is 2.29. The van der Waals surface area contributed by atoms with E-state index in [0.29, 0.717) is 5.56 Å². The average molecular weight is 318 g/mol. The van der Waals surface area contributed by atoms with Gasteiger partial charge < -0.3 is 0 Å². The van der Waals surface area contributed by atoms with Gasteiger partial charge in [-0.1, -0.05) is 61.5 Å². The van der Waals surface area contributed by atoms with Gasteiger partial charge in [-0.05, 0) is 23.6 Å². The molecule has 0 saturated carbocycles. The van der Waals surface area contributed by atoms with Crippen LogP contribution >= 0.6 is 0 Å². The molecule has 23 heavy (non-hydrogen) atoms. The maximum absolute atomic E-state index is 12.5. The number of rotatable bonds is 5. The minimum atomic E-state index is -4.38. The summed E-state index contributed by atoms with van der Waals surface area (Å²) < 4.78 is 37.5. The van der Waals surface area contributed by atoms with E-state index in [4.69, 9.17) is 0 Å². The first kappa shape index (κ1) is 17.0. The summed E-state index contributed by atoms with van der Waals surface area (Å²) >= 11 is 0. The number of benzene rings is 2. The van der Waals surface area contributed by atoms with E-state index < -0.39 is 11.7 Å². The molecule has 0 N–H and O–H groups in total. The Balaban J connectivity index is 1.97. The summed E-state index contributed by atoms with van der Waals surface area (Å²) in [5.41, 5.74) is 0.602. The number of hydrogen-bond donors (Lipinski definition) is 0. The number of ketones is 1. The zero-order valence-electron chi connectivity index (χ0n) is 12.7. The lowest BCUT2D eigenvalue weighted by Gasteiger charge is -2.08. The average Bonchev–Trinajstić information content (AvgIpc) is 2.53. The van der Waals surface area contributed by atoms with Crippen molar-refractivity contribution in [3.8, 4) is 0 Å². The fraction of sp³-hybridized carbons (Fsp3) is 0.211. The summed E-state index contributed by atoms with van der Waals surface area (Å²) in [6.07, 6.45) is -0.260. The molecule has 0 aliphatic heterocycles. The van der Waals surface area contributed by atoms with Crippen molar-refractivity contribution in [2.24, 2.45) is 5.92 Å². The molecule has 2 aromatic rings. The SMILES string of the molecule is C[C@@H](/C=C/c1ccccc1)CC(=O)c1ccc(C(F)(F)F)cc1. The van der Waals surface area contributed by atoms with E-state index in [-0.39, 0.29) is 18.1 Å². The number of carbonyl (C=O) groups excluding carboxylic acids is 1. The molecule has 0 aliphatic carbocycles. The molecule has 0 aromatic heterocycles. The topological polar surface area (TPSA) is 17.1 Å². The first-order chi connectivity index (χ1) is 10.9. The monoisotopic (exact) mass is 318 g/mol. The van der Waals surface area contributed by atoms with Crippen molar-refractivity contribution in [1.82, 2.24) is 0 Å². The third-order valence-corrected chi connectivity index (χ3v) is 3.46. The van der Waals surface area contributed by atoms with Crippen molar-refractivity contribution in [3.63, 3.8) is 0 Å². The molecule has 2 rings (SSSR count). The number of hydrogen-bond acceptors (Lipinski definition) is 1. The second-order valence-electron chi connectivity index (χ2n) is 5.45. The van der Waals surface area contributed by atoms with Crippen molar-refractivity contribution in [2.45, 2.75) is 19.5 Å². The first-order valence-electron chi connectivity index (χ1n) is 7.30. The Morgan fingerprint density at radius 3 is 2.22 bits per heavy atom. The Hall–Kier alpha value is -2.36. The lowest BCUT2D eigenvalue weighted by Crippen LogP contribution is -2.07. The van der Waals surface area contributed by atoms with Crippen LogP contribution in [0.3, 0.4) is 0 Å². The second-order valence-corrected chi connectivity index (χ2v) is 5.45. The summed E-state index contributed by atoms with van der Waals surface area (Å²) in [5, 5.41) is 0. The number of alkyl halides is 3. The molecule has 0 amide bonds. The van der Waals surface area contributed by atoms with Crippen LogP contribution in [0.25, 0.3) is 6.08 Å². The number of Topliss-reactive ketones (excluding diaryl/α,β-unsaturated/α-hetero) is 1. The second kappa shape index (κ2) is 7.27. The molecule has 0 saturated heterocycles. The van der Waals surface area contributed by atoms with Gasteiger partial charge in [0.1, 0.15) is 0 Å². The summed E-state index contributed by atoms with van der Waals surface area (Å²) in [5.74, 6) is -0.158. The van der Waals surface area contributed by atoms with Crippen molar-refractivity contribution in [2.75, 3.05) is 0 Å². The van der Waals surface area contributed by atoms with Crippen LogP contribution in [0.15, 0.2) is 60.7 Å². The number of carbonyl (C=O) groups is 1. The molecule has 2 aromatic carbocycles. The zero-order valence-corrected chi connectivity index (χ0v) is 12.7. The normalized spacial score (nSPS) is 13.2. The maximum Gasteiger partial charge on any atom is 0.416 e. The van der Waals surface area contributed by atoms with E-state index in [1.807, 2.05) is 49.4 Å². The molecule has 0 aliphatic rings. The maximum atomic E-state index is 12.5. The molecule has 0 bridgehead atoms. The van der Waals surface area contributed by atoms with Gasteiger partial charge in [0.25, 0.3) is 0 Å². The first-order valence-corrected chi connectivity index (χ1v) is 7.30. The van der Waals surface area contributed by atoms with Gasteiger partial charge in [0.05, 0.1) is 5.56 Å². The van der Waals surface area contributed by atoms with E-state index >= 15 is 0 Å². The van der Waals surface area contributed by atoms with Gasteiger partial charge in [-0.2, -0.15) is 13.2 Å². The van der Waals surface area contributed by atoms with E-state index in [2.05, 4.69) is 0 Å². The van der Waals surface area contributed by atoms with E-state index in [1.54, 1.807) is 0 Å². The summed E-state index contributed by atoms with van der Waals surface area (Å²) in [4.78, 5) is 12.1. The molecule has 1 atom stereocenters. The standard InChI is InChI=1S/C19H17F3O/c1-14(7-8-15-5-3-2-4-6-15)13-18(23)16-9-11-17(12-10-16)19(20,21)22/h2-12,14H,13H2,1H3/b8-7+/t14-/m0/s1. The van der Waals surface area contributed by atoms with Crippen molar-refractivity contribution in [3.05, 3.63) is 77.4 Å². The molecule has 1 nitrogen and oxygen atoms in total. The molecular weight excluding hydrogens is 301 g/mol. The number of allylic oxidation sites excluding steroid dienone is 1. The van der Waals surface area contributed by atoms with Crippen LogP contribution < -0.4 is 0 Å². The Morgan fingerprint density at radius 2 is 1.65 bits per heavy atom. The van der Waals surface area contributed by atoms with Crippen LogP contribution in [0.1, 0.15) is 34.8 Å². The van der Waals surface area contributed by atoms with Crippen molar-refractivity contribution in [1.29, 1.82) is 0 Å². The summed E-state index contributed by atoms with van der Waals surface area (Å²) in [7, 11) is 0. The Bertz CT molecular complexity index is 670. The highest BCUT2D eigenvalue weighted by atomic mass is 19.4. The van der Waals surface area contributed by atoms with Gasteiger partial charge in [0.15, 0.2) is 5.78 Å². The molecule has 0 heterocycles. The van der Waals surface area contributed by atoms with Gasteiger partial charge in [-0.3, -0.25) is 4.79 Å². The van der Waals surface area contributed by atoms with Gasteiger partial charge in [0, 0.05) is 12.0 Å². The predicted molar refractivity (Wildman–Crippen MR) is 85.0 cm³/mol. The highest BCUT2D eigenvalue weighted by Gasteiger charge is 2.30. The molecule has 0 unspecified atom stereocenters. The molecule has 120 valence electrons. The van der Waals surface area contributed by atoms with Crippen LogP contribution in [0, 0.1) is 5.92 Å². The van der Waals surface area contributed by atoms with E-state index in [9.17, 15) is 18.0 Å². The lowest BCUT2D eigenvalue weighted by molar-refractivity contribution is -0.137. The van der Waals surface area contributed by atoms with Crippen molar-refractivity contribution >= 4 is 11.9 Å². The van der Waals surface area contributed by atoms with Gasteiger partial charge in [0.2, 0.25) is 0 Å². The largest absolute Gasteiger partial charge is 0.416 e. The van der Waals surface area contributed by atoms with Crippen LogP contribution in [-0.2, 0) is 6.18 Å². The number of halogens is 3. The van der Waals surface area contributed by atoms with Gasteiger partial charge in [-0.15, -0.1) is 0 Å². The molecule has 4 heteroatoms. The minimum absolute atomic E-state index is 0.00463. The third-order valence-electron chi connectivity index (χ3n) is 3.46. The summed E-state index contributed by atoms with van der Waals surface area (Å²) in [6, 6.07) is 14.1. The molecule has 0 radical (unpaired) electrons. The van der Waals surface area contributed by atoms with Crippen LogP contribution in [0.5, 0.6) is 0 Å². The van der Waals surface area contributed by atoms with Crippen molar-refractivity contribution < 1.29 is 18.0 Å². The predicted octanol–water partition coefficient (Wildman–Crippen LogP) is 5.63. The molecular formula is C19H17F3O. The smallest absolute Gasteiger partial charge is 0.294 e. The van der Waals surface area contributed by atoms with Gasteiger partial charge >= 0.3 is 6.18 Å². The Morgan fingerprint density at radius 1 is 1.04 bits per heavy atom. The van der Waals surface area contributed by atoms with E-state index in [1.165, 1.54) is 12.1 Å². The van der Waals surface area contributed by atoms with Crippen LogP contribution in [-0.4, -0.2) is 5.78 Å². The molecule has 0 fully saturated rings. The lowest BCUT2D eigenvalue weighted by atomic mass is 9.98.